The fraction of sp³-hybridized carbons (Fsp3) is 0.857. The Morgan fingerprint density at radius 1 is 1.20 bits per heavy atom. The maximum atomic E-state index is 5.63. The Hall–Kier alpha value is -1.14. The van der Waals surface area contributed by atoms with Crippen molar-refractivity contribution in [3.63, 3.8) is 0 Å². The summed E-state index contributed by atoms with van der Waals surface area (Å²) in [6.07, 6.45) is 2.87. The van der Waals surface area contributed by atoms with Crippen molar-refractivity contribution in [2.45, 2.75) is 33.1 Å². The molecule has 1 aliphatic heterocycles. The molecule has 0 radical (unpaired) electrons. The molecule has 1 aromatic heterocycles. The number of likely N-dealkylation sites (N-methyl/N-ethyl adjacent to an activating group) is 1. The Kier molecular flexibility index (Phi) is 4.99. The zero-order valence-corrected chi connectivity index (χ0v) is 12.9. The number of aryl methyl sites for hydroxylation is 1. The lowest BCUT2D eigenvalue weighted by atomic mass is 9.84. The first kappa shape index (κ1) is 15.3. The summed E-state index contributed by atoms with van der Waals surface area (Å²) in [6.45, 7) is 9.22. The highest BCUT2D eigenvalue weighted by Gasteiger charge is 2.21. The quantitative estimate of drug-likeness (QED) is 0.843. The molecule has 1 aliphatic rings. The van der Waals surface area contributed by atoms with Crippen LogP contribution >= 0.6 is 0 Å². The second-order valence-corrected chi connectivity index (χ2v) is 6.48. The number of aromatic nitrogens is 2. The summed E-state index contributed by atoms with van der Waals surface area (Å²) in [7, 11) is 2.14. The first-order valence-electron chi connectivity index (χ1n) is 7.46. The molecule has 20 heavy (non-hydrogen) atoms. The summed E-state index contributed by atoms with van der Waals surface area (Å²) in [5.74, 6) is 1.48. The molecule has 0 atom stereocenters. The first-order chi connectivity index (χ1) is 9.50. The molecule has 1 aromatic rings. The van der Waals surface area contributed by atoms with E-state index < -0.39 is 0 Å². The normalized spacial score (nSPS) is 17.7. The SMILES string of the molecule is CN1CCN(c2noc(CCC(C)(C)CCN)n2)CC1. The van der Waals surface area contributed by atoms with E-state index in [2.05, 4.69) is 40.8 Å². The van der Waals surface area contributed by atoms with Crippen molar-refractivity contribution in [2.24, 2.45) is 11.1 Å². The van der Waals surface area contributed by atoms with E-state index in [0.29, 0.717) is 0 Å². The zero-order chi connectivity index (χ0) is 14.6. The number of hydrogen-bond donors (Lipinski definition) is 1. The highest BCUT2D eigenvalue weighted by Crippen LogP contribution is 2.26. The maximum Gasteiger partial charge on any atom is 0.266 e. The predicted octanol–water partition coefficient (Wildman–Crippen LogP) is 1.13. The Balaban J connectivity index is 1.86. The average molecular weight is 281 g/mol. The summed E-state index contributed by atoms with van der Waals surface area (Å²) < 4.78 is 5.37. The van der Waals surface area contributed by atoms with Crippen LogP contribution < -0.4 is 10.6 Å². The van der Waals surface area contributed by atoms with Crippen LogP contribution in [0.1, 0.15) is 32.6 Å². The van der Waals surface area contributed by atoms with E-state index in [-0.39, 0.29) is 5.41 Å². The molecule has 1 saturated heterocycles. The summed E-state index contributed by atoms with van der Waals surface area (Å²) in [6, 6.07) is 0. The van der Waals surface area contributed by atoms with Crippen LogP contribution in [-0.4, -0.2) is 54.8 Å². The molecule has 6 heteroatoms. The summed E-state index contributed by atoms with van der Waals surface area (Å²) >= 11 is 0. The molecule has 0 amide bonds. The van der Waals surface area contributed by atoms with Crippen LogP contribution in [0.4, 0.5) is 5.95 Å². The molecule has 0 aliphatic carbocycles. The van der Waals surface area contributed by atoms with Crippen molar-refractivity contribution in [3.05, 3.63) is 5.89 Å². The molecule has 2 rings (SSSR count). The minimum Gasteiger partial charge on any atom is -0.337 e. The maximum absolute atomic E-state index is 5.63. The van der Waals surface area contributed by atoms with Gasteiger partial charge in [0.1, 0.15) is 0 Å². The van der Waals surface area contributed by atoms with Gasteiger partial charge in [-0.2, -0.15) is 4.98 Å². The minimum absolute atomic E-state index is 0.233. The number of hydrogen-bond acceptors (Lipinski definition) is 6. The van der Waals surface area contributed by atoms with Gasteiger partial charge in [-0.3, -0.25) is 0 Å². The Morgan fingerprint density at radius 3 is 2.55 bits per heavy atom. The predicted molar refractivity (Wildman–Crippen MR) is 79.8 cm³/mol. The Labute approximate surface area is 121 Å². The molecule has 1 fully saturated rings. The van der Waals surface area contributed by atoms with Gasteiger partial charge < -0.3 is 20.1 Å². The molecule has 114 valence electrons. The number of nitrogens with zero attached hydrogens (tertiary/aromatic N) is 4. The van der Waals surface area contributed by atoms with Gasteiger partial charge in [-0.15, -0.1) is 0 Å². The largest absolute Gasteiger partial charge is 0.337 e. The van der Waals surface area contributed by atoms with Crippen molar-refractivity contribution >= 4 is 5.95 Å². The summed E-state index contributed by atoms with van der Waals surface area (Å²) in [5.41, 5.74) is 5.87. The first-order valence-corrected chi connectivity index (χ1v) is 7.46. The molecule has 2 heterocycles. The molecular formula is C14H27N5O. The zero-order valence-electron chi connectivity index (χ0n) is 12.9. The molecule has 0 spiro atoms. The fourth-order valence-corrected chi connectivity index (χ4v) is 2.44. The Bertz CT molecular complexity index is 409. The standard InChI is InChI=1S/C14H27N5O/c1-14(2,6-7-15)5-4-12-16-13(17-20-12)19-10-8-18(3)9-11-19/h4-11,15H2,1-3H3. The van der Waals surface area contributed by atoms with E-state index in [9.17, 15) is 0 Å². The second-order valence-electron chi connectivity index (χ2n) is 6.48. The summed E-state index contributed by atoms with van der Waals surface area (Å²) in [5, 5.41) is 4.11. The topological polar surface area (TPSA) is 71.4 Å². The molecule has 0 unspecified atom stereocenters. The van der Waals surface area contributed by atoms with Crippen molar-refractivity contribution in [1.82, 2.24) is 15.0 Å². The van der Waals surface area contributed by atoms with Crippen LogP contribution in [0, 0.1) is 5.41 Å². The lowest BCUT2D eigenvalue weighted by molar-refractivity contribution is 0.288. The van der Waals surface area contributed by atoms with Crippen LogP contribution in [-0.2, 0) is 6.42 Å². The van der Waals surface area contributed by atoms with Gasteiger partial charge in [-0.1, -0.05) is 13.8 Å². The van der Waals surface area contributed by atoms with Gasteiger partial charge in [-0.05, 0) is 37.0 Å². The van der Waals surface area contributed by atoms with Gasteiger partial charge in [0.15, 0.2) is 0 Å². The molecule has 6 nitrogen and oxygen atoms in total. The monoisotopic (exact) mass is 281 g/mol. The molecule has 2 N–H and O–H groups in total. The van der Waals surface area contributed by atoms with Gasteiger partial charge in [0.2, 0.25) is 5.89 Å². The van der Waals surface area contributed by atoms with Gasteiger partial charge in [0.25, 0.3) is 5.95 Å². The average Bonchev–Trinajstić information content (AvgIpc) is 2.86. The van der Waals surface area contributed by atoms with Crippen LogP contribution in [0.25, 0.3) is 0 Å². The lowest BCUT2D eigenvalue weighted by Crippen LogP contribution is -2.44. The van der Waals surface area contributed by atoms with Gasteiger partial charge >= 0.3 is 0 Å². The molecule has 0 bridgehead atoms. The highest BCUT2D eigenvalue weighted by atomic mass is 16.5. The highest BCUT2D eigenvalue weighted by molar-refractivity contribution is 5.28. The molecular weight excluding hydrogens is 254 g/mol. The van der Waals surface area contributed by atoms with E-state index >= 15 is 0 Å². The van der Waals surface area contributed by atoms with Gasteiger partial charge in [-0.25, -0.2) is 0 Å². The van der Waals surface area contributed by atoms with Crippen LogP contribution in [0.15, 0.2) is 4.52 Å². The lowest BCUT2D eigenvalue weighted by Gasteiger charge is -2.31. The van der Waals surface area contributed by atoms with E-state index in [1.165, 1.54) is 0 Å². The van der Waals surface area contributed by atoms with Gasteiger partial charge in [0.05, 0.1) is 0 Å². The third-order valence-corrected chi connectivity index (χ3v) is 4.08. The second kappa shape index (κ2) is 6.54. The van der Waals surface area contributed by atoms with Gasteiger partial charge in [0, 0.05) is 32.6 Å². The number of anilines is 1. The molecule has 0 saturated carbocycles. The third-order valence-electron chi connectivity index (χ3n) is 4.08. The smallest absolute Gasteiger partial charge is 0.266 e. The fourth-order valence-electron chi connectivity index (χ4n) is 2.44. The number of nitrogens with two attached hydrogens (primary N) is 1. The van der Waals surface area contributed by atoms with E-state index in [1.54, 1.807) is 0 Å². The van der Waals surface area contributed by atoms with E-state index in [1.807, 2.05) is 0 Å². The van der Waals surface area contributed by atoms with E-state index in [0.717, 1.165) is 63.8 Å². The minimum atomic E-state index is 0.233. The van der Waals surface area contributed by atoms with Crippen molar-refractivity contribution in [1.29, 1.82) is 0 Å². The van der Waals surface area contributed by atoms with Crippen LogP contribution in [0.3, 0.4) is 0 Å². The summed E-state index contributed by atoms with van der Waals surface area (Å²) in [4.78, 5) is 9.03. The Morgan fingerprint density at radius 2 is 1.90 bits per heavy atom. The van der Waals surface area contributed by atoms with Crippen molar-refractivity contribution in [3.8, 4) is 0 Å². The number of rotatable bonds is 6. The van der Waals surface area contributed by atoms with Crippen molar-refractivity contribution in [2.75, 3.05) is 44.7 Å². The number of piperazine rings is 1. The van der Waals surface area contributed by atoms with Crippen molar-refractivity contribution < 1.29 is 4.52 Å². The van der Waals surface area contributed by atoms with Crippen LogP contribution in [0.5, 0.6) is 0 Å². The molecule has 0 aromatic carbocycles. The van der Waals surface area contributed by atoms with E-state index in [4.69, 9.17) is 10.3 Å². The van der Waals surface area contributed by atoms with Crippen LogP contribution in [0.2, 0.25) is 0 Å². The third kappa shape index (κ3) is 4.18.